The number of hydrogen-bond donors (Lipinski definition) is 1. The van der Waals surface area contributed by atoms with E-state index in [0.29, 0.717) is 28.2 Å². The fraction of sp³-hybridized carbons (Fsp3) is 0.200. The van der Waals surface area contributed by atoms with Gasteiger partial charge in [-0.15, -0.1) is 10.2 Å². The molecule has 0 spiro atoms. The van der Waals surface area contributed by atoms with Crippen molar-refractivity contribution in [1.29, 1.82) is 5.26 Å². The smallest absolute Gasteiger partial charge is 0.238 e. The molecule has 10 heteroatoms. The first-order valence-corrected chi connectivity index (χ1v) is 9.92. The Labute approximate surface area is 178 Å². The third-order valence-corrected chi connectivity index (χ3v) is 4.99. The van der Waals surface area contributed by atoms with Crippen molar-refractivity contribution in [3.05, 3.63) is 60.4 Å². The molecule has 0 fully saturated rings. The summed E-state index contributed by atoms with van der Waals surface area (Å²) in [5.41, 5.74) is 0.659. The van der Waals surface area contributed by atoms with E-state index >= 15 is 0 Å². The van der Waals surface area contributed by atoms with E-state index in [9.17, 15) is 4.79 Å². The van der Waals surface area contributed by atoms with Gasteiger partial charge in [-0.3, -0.25) is 9.69 Å². The molecule has 0 radical (unpaired) electrons. The molecule has 0 atom stereocenters. The minimum absolute atomic E-state index is 0.0433. The second-order valence-electron chi connectivity index (χ2n) is 6.00. The van der Waals surface area contributed by atoms with E-state index < -0.39 is 0 Å². The van der Waals surface area contributed by atoms with E-state index in [0.717, 1.165) is 11.8 Å². The largest absolute Gasteiger partial charge is 0.497 e. The predicted molar refractivity (Wildman–Crippen MR) is 113 cm³/mol. The Hall–Kier alpha value is -3.71. The van der Waals surface area contributed by atoms with Crippen molar-refractivity contribution in [1.82, 2.24) is 14.9 Å². The Morgan fingerprint density at radius 1 is 1.20 bits per heavy atom. The number of methoxy groups -OCH3 is 1. The maximum atomic E-state index is 12.6. The molecule has 0 aliphatic carbocycles. The molecular weight excluding hydrogens is 404 g/mol. The van der Waals surface area contributed by atoms with Crippen LogP contribution in [0.1, 0.15) is 5.82 Å². The lowest BCUT2D eigenvalue weighted by Crippen LogP contribution is -2.32. The van der Waals surface area contributed by atoms with Crippen LogP contribution in [0.15, 0.2) is 59.8 Å². The number of para-hydroxylation sites is 1. The molecule has 0 aliphatic heterocycles. The number of amides is 1. The first-order chi connectivity index (χ1) is 14.6. The van der Waals surface area contributed by atoms with Crippen LogP contribution in [0.3, 0.4) is 0 Å². The summed E-state index contributed by atoms with van der Waals surface area (Å²) in [6.45, 7) is 0.0636. The molecule has 3 rings (SSSR count). The van der Waals surface area contributed by atoms with E-state index in [2.05, 4.69) is 10.2 Å². The average Bonchev–Trinajstić information content (AvgIpc) is 3.14. The molecule has 30 heavy (non-hydrogen) atoms. The van der Waals surface area contributed by atoms with Gasteiger partial charge in [-0.05, 0) is 24.3 Å². The summed E-state index contributed by atoms with van der Waals surface area (Å²) >= 11 is 1.14. The highest BCUT2D eigenvalue weighted by Crippen LogP contribution is 2.21. The lowest BCUT2D eigenvalue weighted by Gasteiger charge is -2.19. The molecule has 2 N–H and O–H groups in total. The van der Waals surface area contributed by atoms with Gasteiger partial charge in [0, 0.05) is 11.8 Å². The van der Waals surface area contributed by atoms with Gasteiger partial charge in [0.1, 0.15) is 24.7 Å². The molecule has 0 bridgehead atoms. The molecule has 1 heterocycles. The van der Waals surface area contributed by atoms with Crippen LogP contribution in [0.4, 0.5) is 5.69 Å². The number of nitrogens with zero attached hydrogens (tertiary/aromatic N) is 5. The maximum absolute atomic E-state index is 12.6. The number of nitrogen functional groups attached to an aromatic ring is 1. The van der Waals surface area contributed by atoms with Crippen LogP contribution >= 0.6 is 11.8 Å². The molecule has 0 aliphatic rings. The number of hydrogen-bond acceptors (Lipinski definition) is 8. The van der Waals surface area contributed by atoms with Crippen LogP contribution in [0.2, 0.25) is 0 Å². The summed E-state index contributed by atoms with van der Waals surface area (Å²) in [5, 5.41) is 17.5. The number of carbonyl (C=O) groups is 1. The molecular formula is C20H20N6O3S. The van der Waals surface area contributed by atoms with Crippen molar-refractivity contribution in [2.75, 3.05) is 30.1 Å². The van der Waals surface area contributed by atoms with Crippen molar-refractivity contribution in [3.63, 3.8) is 0 Å². The van der Waals surface area contributed by atoms with Gasteiger partial charge in [0.15, 0.2) is 5.82 Å². The van der Waals surface area contributed by atoms with Crippen molar-refractivity contribution in [2.45, 2.75) is 11.8 Å². The zero-order chi connectivity index (χ0) is 21.3. The lowest BCUT2D eigenvalue weighted by molar-refractivity contribution is -0.116. The Bertz CT molecular complexity index is 1030. The minimum atomic E-state index is -0.232. The quantitative estimate of drug-likeness (QED) is 0.315. The van der Waals surface area contributed by atoms with Gasteiger partial charge >= 0.3 is 0 Å². The van der Waals surface area contributed by atoms with Crippen LogP contribution in [0.25, 0.3) is 0 Å². The van der Waals surface area contributed by atoms with Crippen LogP contribution in [-0.2, 0) is 11.4 Å². The second kappa shape index (κ2) is 10.2. The van der Waals surface area contributed by atoms with Gasteiger partial charge in [0.2, 0.25) is 11.1 Å². The van der Waals surface area contributed by atoms with E-state index in [1.807, 2.05) is 36.4 Å². The number of nitrogens with two attached hydrogens (primary N) is 1. The Kier molecular flexibility index (Phi) is 7.13. The molecule has 154 valence electrons. The third-order valence-electron chi connectivity index (χ3n) is 4.07. The van der Waals surface area contributed by atoms with E-state index in [-0.39, 0.29) is 24.8 Å². The Morgan fingerprint density at radius 3 is 2.70 bits per heavy atom. The monoisotopic (exact) mass is 424 g/mol. The number of thioether (sulfide) groups is 1. The van der Waals surface area contributed by atoms with Crippen molar-refractivity contribution >= 4 is 23.4 Å². The van der Waals surface area contributed by atoms with Gasteiger partial charge in [0.25, 0.3) is 0 Å². The maximum Gasteiger partial charge on any atom is 0.238 e. The normalized spacial score (nSPS) is 10.3. The fourth-order valence-corrected chi connectivity index (χ4v) is 3.30. The number of nitriles is 1. The number of benzene rings is 2. The van der Waals surface area contributed by atoms with Gasteiger partial charge in [-0.2, -0.15) is 5.26 Å². The highest BCUT2D eigenvalue weighted by atomic mass is 32.2. The van der Waals surface area contributed by atoms with Crippen LogP contribution in [0.5, 0.6) is 11.5 Å². The minimum Gasteiger partial charge on any atom is -0.497 e. The molecule has 3 aromatic rings. The van der Waals surface area contributed by atoms with Crippen molar-refractivity contribution < 1.29 is 14.3 Å². The lowest BCUT2D eigenvalue weighted by atomic mass is 10.3. The summed E-state index contributed by atoms with van der Waals surface area (Å²) in [7, 11) is 1.58. The first kappa shape index (κ1) is 21.0. The number of carbonyl (C=O) groups excluding carboxylic acids is 1. The van der Waals surface area contributed by atoms with E-state index in [1.54, 1.807) is 31.4 Å². The first-order valence-electron chi connectivity index (χ1n) is 8.93. The van der Waals surface area contributed by atoms with Gasteiger partial charge < -0.3 is 15.3 Å². The van der Waals surface area contributed by atoms with Crippen molar-refractivity contribution in [2.24, 2.45) is 0 Å². The number of aromatic nitrogens is 3. The molecule has 0 unspecified atom stereocenters. The highest BCUT2D eigenvalue weighted by Gasteiger charge is 2.18. The average molecular weight is 424 g/mol. The fourth-order valence-electron chi connectivity index (χ4n) is 2.55. The number of ether oxygens (including phenoxy) is 2. The topological polar surface area (TPSA) is 119 Å². The summed E-state index contributed by atoms with van der Waals surface area (Å²) in [6.07, 6.45) is 0. The van der Waals surface area contributed by atoms with Gasteiger partial charge in [-0.1, -0.05) is 36.0 Å². The molecule has 9 nitrogen and oxygen atoms in total. The summed E-state index contributed by atoms with van der Waals surface area (Å²) < 4.78 is 12.1. The van der Waals surface area contributed by atoms with Gasteiger partial charge in [-0.25, -0.2) is 4.68 Å². The highest BCUT2D eigenvalue weighted by molar-refractivity contribution is 7.99. The van der Waals surface area contributed by atoms with E-state index in [4.69, 9.17) is 20.6 Å². The SMILES string of the molecule is COc1cccc(OCc2nnc(SCC(=O)N(CC#N)c3ccccc3)n2N)c1. The molecule has 0 saturated carbocycles. The zero-order valence-electron chi connectivity index (χ0n) is 16.3. The molecule has 1 amide bonds. The second-order valence-corrected chi connectivity index (χ2v) is 6.94. The molecule has 0 saturated heterocycles. The number of anilines is 1. The predicted octanol–water partition coefficient (Wildman–Crippen LogP) is 2.23. The van der Waals surface area contributed by atoms with E-state index in [1.165, 1.54) is 9.58 Å². The van der Waals surface area contributed by atoms with Crippen LogP contribution < -0.4 is 20.2 Å². The van der Waals surface area contributed by atoms with Crippen LogP contribution in [0, 0.1) is 11.3 Å². The molecule has 2 aromatic carbocycles. The van der Waals surface area contributed by atoms with Crippen LogP contribution in [-0.4, -0.2) is 40.2 Å². The summed E-state index contributed by atoms with van der Waals surface area (Å²) in [6, 6.07) is 18.2. The number of rotatable bonds is 9. The van der Waals surface area contributed by atoms with Crippen molar-refractivity contribution in [3.8, 4) is 17.6 Å². The standard InChI is InChI=1S/C20H20N6O3S/c1-28-16-8-5-9-17(12-16)29-13-18-23-24-20(26(18)22)30-14-19(27)25(11-10-21)15-6-3-2-4-7-15/h2-9,12H,11,13-14,22H2,1H3. The summed E-state index contributed by atoms with van der Waals surface area (Å²) in [4.78, 5) is 14.0. The zero-order valence-corrected chi connectivity index (χ0v) is 17.1. The Morgan fingerprint density at radius 2 is 1.97 bits per heavy atom. The Balaban J connectivity index is 1.60. The molecule has 1 aromatic heterocycles. The van der Waals surface area contributed by atoms with Gasteiger partial charge in [0.05, 0.1) is 18.9 Å². The summed E-state index contributed by atoms with van der Waals surface area (Å²) in [5.74, 6) is 7.56. The third kappa shape index (κ3) is 5.21.